The van der Waals surface area contributed by atoms with Gasteiger partial charge < -0.3 is 14.2 Å². The highest BCUT2D eigenvalue weighted by Crippen LogP contribution is 2.13. The molecular formula is C7H13ClO3. The van der Waals surface area contributed by atoms with Crippen molar-refractivity contribution in [3.8, 4) is 0 Å². The largest absolute Gasteiger partial charge is 0.330 e. The number of ether oxygens (including phenoxy) is 3. The maximum Gasteiger partial charge on any atom is 0.272 e. The van der Waals surface area contributed by atoms with Gasteiger partial charge in [-0.15, -0.1) is 11.6 Å². The van der Waals surface area contributed by atoms with E-state index in [1.807, 2.05) is 6.92 Å². The molecule has 0 saturated carbocycles. The first kappa shape index (κ1) is 9.26. The van der Waals surface area contributed by atoms with Crippen LogP contribution in [0.3, 0.4) is 0 Å². The third-order valence-corrected chi connectivity index (χ3v) is 1.70. The van der Waals surface area contributed by atoms with Gasteiger partial charge in [0.2, 0.25) is 0 Å². The number of hydrogen-bond acceptors (Lipinski definition) is 3. The summed E-state index contributed by atoms with van der Waals surface area (Å²) < 4.78 is 15.5. The first-order valence-electron chi connectivity index (χ1n) is 3.81. The predicted octanol–water partition coefficient (Wildman–Crippen LogP) is 1.35. The van der Waals surface area contributed by atoms with Crippen LogP contribution in [0.5, 0.6) is 0 Å². The summed E-state index contributed by atoms with van der Waals surface area (Å²) in [5.41, 5.74) is 0. The first-order valence-corrected chi connectivity index (χ1v) is 4.35. The van der Waals surface area contributed by atoms with Crippen LogP contribution in [0.1, 0.15) is 13.3 Å². The molecule has 1 fully saturated rings. The molecule has 0 aromatic heterocycles. The Balaban J connectivity index is 2.09. The highest BCUT2D eigenvalue weighted by molar-refractivity contribution is 6.18. The zero-order chi connectivity index (χ0) is 8.10. The van der Waals surface area contributed by atoms with Gasteiger partial charge in [0, 0.05) is 0 Å². The molecule has 0 aliphatic carbocycles. The van der Waals surface area contributed by atoms with E-state index in [1.54, 1.807) is 0 Å². The van der Waals surface area contributed by atoms with Gasteiger partial charge in [0.1, 0.15) is 6.10 Å². The molecule has 11 heavy (non-hydrogen) atoms. The van der Waals surface area contributed by atoms with Crippen molar-refractivity contribution in [1.82, 2.24) is 0 Å². The second kappa shape index (κ2) is 4.93. The van der Waals surface area contributed by atoms with Crippen LogP contribution in [-0.2, 0) is 14.2 Å². The summed E-state index contributed by atoms with van der Waals surface area (Å²) in [6, 6.07) is 0. The second-order valence-corrected chi connectivity index (χ2v) is 2.71. The molecule has 1 heterocycles. The van der Waals surface area contributed by atoms with Crippen LogP contribution in [-0.4, -0.2) is 31.7 Å². The van der Waals surface area contributed by atoms with Crippen molar-refractivity contribution < 1.29 is 14.2 Å². The van der Waals surface area contributed by atoms with Gasteiger partial charge in [-0.05, 0) is 6.42 Å². The van der Waals surface area contributed by atoms with E-state index in [-0.39, 0.29) is 6.10 Å². The van der Waals surface area contributed by atoms with Crippen molar-refractivity contribution >= 4 is 11.6 Å². The SMILES string of the molecule is CCCO[C@@H]1OC[C@@H](CCl)O1. The Morgan fingerprint density at radius 2 is 2.45 bits per heavy atom. The van der Waals surface area contributed by atoms with Crippen LogP contribution in [0.2, 0.25) is 0 Å². The summed E-state index contributed by atoms with van der Waals surface area (Å²) in [6.07, 6.45) is 0.966. The van der Waals surface area contributed by atoms with Crippen molar-refractivity contribution in [3.63, 3.8) is 0 Å². The van der Waals surface area contributed by atoms with Crippen LogP contribution < -0.4 is 0 Å². The number of rotatable bonds is 4. The van der Waals surface area contributed by atoms with Crippen molar-refractivity contribution in [1.29, 1.82) is 0 Å². The van der Waals surface area contributed by atoms with Gasteiger partial charge in [-0.1, -0.05) is 6.92 Å². The second-order valence-electron chi connectivity index (χ2n) is 2.41. The minimum Gasteiger partial charge on any atom is -0.330 e. The van der Waals surface area contributed by atoms with E-state index in [0.29, 0.717) is 19.1 Å². The highest BCUT2D eigenvalue weighted by atomic mass is 35.5. The summed E-state index contributed by atoms with van der Waals surface area (Å²) in [7, 11) is 0. The summed E-state index contributed by atoms with van der Waals surface area (Å²) in [4.78, 5) is 0. The Hall–Kier alpha value is 0.170. The van der Waals surface area contributed by atoms with Crippen LogP contribution in [0.25, 0.3) is 0 Å². The molecule has 0 spiro atoms. The zero-order valence-corrected chi connectivity index (χ0v) is 7.34. The molecule has 1 rings (SSSR count). The van der Waals surface area contributed by atoms with Crippen molar-refractivity contribution in [2.45, 2.75) is 25.9 Å². The zero-order valence-electron chi connectivity index (χ0n) is 6.59. The summed E-state index contributed by atoms with van der Waals surface area (Å²) in [6.45, 7) is 2.75. The molecule has 0 aromatic rings. The molecule has 0 N–H and O–H groups in total. The number of alkyl halides is 1. The third kappa shape index (κ3) is 2.95. The summed E-state index contributed by atoms with van der Waals surface area (Å²) >= 11 is 5.55. The molecule has 0 radical (unpaired) electrons. The smallest absolute Gasteiger partial charge is 0.272 e. The standard InChI is InChI=1S/C7H13ClO3/c1-2-3-9-7-10-5-6(4-8)11-7/h6-7H,2-5H2,1H3/t6-,7-/m1/s1. The van der Waals surface area contributed by atoms with E-state index in [4.69, 9.17) is 25.8 Å². The molecule has 66 valence electrons. The van der Waals surface area contributed by atoms with Crippen molar-refractivity contribution in [2.24, 2.45) is 0 Å². The third-order valence-electron chi connectivity index (χ3n) is 1.35. The Labute approximate surface area is 71.6 Å². The fourth-order valence-corrected chi connectivity index (χ4v) is 0.966. The minimum atomic E-state index is -0.487. The molecule has 3 nitrogen and oxygen atoms in total. The van der Waals surface area contributed by atoms with Gasteiger partial charge >= 0.3 is 0 Å². The van der Waals surface area contributed by atoms with Crippen LogP contribution in [0.15, 0.2) is 0 Å². The molecule has 0 aromatic carbocycles. The Kier molecular flexibility index (Phi) is 4.15. The molecule has 2 atom stereocenters. The van der Waals surface area contributed by atoms with Gasteiger partial charge in [0.25, 0.3) is 6.48 Å². The normalized spacial score (nSPS) is 31.1. The van der Waals surface area contributed by atoms with Crippen molar-refractivity contribution in [2.75, 3.05) is 19.1 Å². The van der Waals surface area contributed by atoms with Crippen LogP contribution >= 0.6 is 11.6 Å². The molecule has 1 aliphatic rings. The molecule has 0 unspecified atom stereocenters. The van der Waals surface area contributed by atoms with E-state index in [1.165, 1.54) is 0 Å². The molecule has 0 bridgehead atoms. The van der Waals surface area contributed by atoms with Crippen LogP contribution in [0.4, 0.5) is 0 Å². The average molecular weight is 181 g/mol. The molecular weight excluding hydrogens is 168 g/mol. The average Bonchev–Trinajstić information content (AvgIpc) is 2.48. The Bertz CT molecular complexity index is 110. The lowest BCUT2D eigenvalue weighted by Crippen LogP contribution is -2.16. The predicted molar refractivity (Wildman–Crippen MR) is 41.6 cm³/mol. The van der Waals surface area contributed by atoms with Gasteiger partial charge in [0.05, 0.1) is 19.1 Å². The Morgan fingerprint density at radius 1 is 1.64 bits per heavy atom. The number of halogens is 1. The van der Waals surface area contributed by atoms with Crippen molar-refractivity contribution in [3.05, 3.63) is 0 Å². The Morgan fingerprint density at radius 3 is 3.00 bits per heavy atom. The maximum absolute atomic E-state index is 5.55. The summed E-state index contributed by atoms with van der Waals surface area (Å²) in [5.74, 6) is 0.464. The first-order chi connectivity index (χ1) is 5.36. The highest BCUT2D eigenvalue weighted by Gasteiger charge is 2.25. The van der Waals surface area contributed by atoms with Gasteiger partial charge in [-0.3, -0.25) is 0 Å². The molecule has 4 heteroatoms. The maximum atomic E-state index is 5.55. The fraction of sp³-hybridized carbons (Fsp3) is 1.00. The lowest BCUT2D eigenvalue weighted by Gasteiger charge is -2.09. The van der Waals surface area contributed by atoms with Gasteiger partial charge in [0.15, 0.2) is 0 Å². The monoisotopic (exact) mass is 180 g/mol. The lowest BCUT2D eigenvalue weighted by molar-refractivity contribution is -0.235. The van der Waals surface area contributed by atoms with Crippen LogP contribution in [0, 0.1) is 0 Å². The van der Waals surface area contributed by atoms with Gasteiger partial charge in [-0.2, -0.15) is 0 Å². The van der Waals surface area contributed by atoms with Gasteiger partial charge in [-0.25, -0.2) is 0 Å². The molecule has 0 amide bonds. The van der Waals surface area contributed by atoms with E-state index in [9.17, 15) is 0 Å². The fourth-order valence-electron chi connectivity index (χ4n) is 0.804. The molecule has 1 aliphatic heterocycles. The minimum absolute atomic E-state index is 0.00137. The van der Waals surface area contributed by atoms with E-state index < -0.39 is 6.48 Å². The van der Waals surface area contributed by atoms with E-state index in [0.717, 1.165) is 6.42 Å². The van der Waals surface area contributed by atoms with E-state index in [2.05, 4.69) is 0 Å². The lowest BCUT2D eigenvalue weighted by atomic mass is 10.4. The summed E-state index contributed by atoms with van der Waals surface area (Å²) in [5, 5.41) is 0. The topological polar surface area (TPSA) is 27.7 Å². The van der Waals surface area contributed by atoms with E-state index >= 15 is 0 Å². The number of hydrogen-bond donors (Lipinski definition) is 0. The molecule has 1 saturated heterocycles. The quantitative estimate of drug-likeness (QED) is 0.612.